The molecule has 1 amide bonds. The van der Waals surface area contributed by atoms with Crippen molar-refractivity contribution in [3.8, 4) is 5.69 Å². The molecule has 1 fully saturated rings. The molecule has 11 nitrogen and oxygen atoms in total. The number of carbonyl (C=O) groups is 1. The molecule has 11 heteroatoms. The first-order chi connectivity index (χ1) is 14.1. The summed E-state index contributed by atoms with van der Waals surface area (Å²) in [7, 11) is 0. The summed E-state index contributed by atoms with van der Waals surface area (Å²) in [5.41, 5.74) is 13.0. The number of carbonyl (C=O) groups excluding carboxylic acids is 1. The third-order valence-electron chi connectivity index (χ3n) is 4.50. The molecule has 1 aliphatic heterocycles. The maximum atomic E-state index is 11.8. The normalized spacial score (nSPS) is 18.9. The van der Waals surface area contributed by atoms with Gasteiger partial charge in [-0.2, -0.15) is 15.0 Å². The summed E-state index contributed by atoms with van der Waals surface area (Å²) in [5.74, 6) is 0.0534. The Bertz CT molecular complexity index is 993. The van der Waals surface area contributed by atoms with Crippen LogP contribution in [0.3, 0.4) is 0 Å². The van der Waals surface area contributed by atoms with Gasteiger partial charge in [0.15, 0.2) is 11.5 Å². The highest BCUT2D eigenvalue weighted by Crippen LogP contribution is 2.22. The molecular weight excluding hydrogens is 374 g/mol. The van der Waals surface area contributed by atoms with Gasteiger partial charge in [0.05, 0.1) is 30.9 Å². The van der Waals surface area contributed by atoms with E-state index in [1.54, 1.807) is 12.4 Å². The SMILES string of the molecule is NC(=O)c1ncc(NC2CCOCC2N)nc1Nc1cccc(-n2nccn2)c1. The Labute approximate surface area is 166 Å². The van der Waals surface area contributed by atoms with E-state index in [1.807, 2.05) is 24.3 Å². The fourth-order valence-corrected chi connectivity index (χ4v) is 3.05. The predicted molar refractivity (Wildman–Crippen MR) is 106 cm³/mol. The van der Waals surface area contributed by atoms with Gasteiger partial charge < -0.3 is 26.8 Å². The van der Waals surface area contributed by atoms with Crippen molar-refractivity contribution in [1.29, 1.82) is 0 Å². The third-order valence-corrected chi connectivity index (χ3v) is 4.50. The van der Waals surface area contributed by atoms with E-state index in [2.05, 4.69) is 30.8 Å². The van der Waals surface area contributed by atoms with Crippen LogP contribution in [0.1, 0.15) is 16.9 Å². The van der Waals surface area contributed by atoms with Gasteiger partial charge >= 0.3 is 0 Å². The average Bonchev–Trinajstić information content (AvgIpc) is 3.25. The maximum Gasteiger partial charge on any atom is 0.271 e. The molecule has 1 aliphatic rings. The Balaban J connectivity index is 1.60. The van der Waals surface area contributed by atoms with E-state index in [1.165, 1.54) is 11.0 Å². The molecule has 0 bridgehead atoms. The van der Waals surface area contributed by atoms with E-state index in [-0.39, 0.29) is 23.6 Å². The summed E-state index contributed by atoms with van der Waals surface area (Å²) in [6.07, 6.45) is 5.40. The summed E-state index contributed by atoms with van der Waals surface area (Å²) in [4.78, 5) is 22.0. The van der Waals surface area contributed by atoms with Gasteiger partial charge in [0, 0.05) is 24.4 Å². The Hall–Kier alpha value is -3.57. The molecule has 2 atom stereocenters. The lowest BCUT2D eigenvalue weighted by atomic mass is 10.0. The van der Waals surface area contributed by atoms with Gasteiger partial charge in [-0.05, 0) is 24.6 Å². The monoisotopic (exact) mass is 395 g/mol. The number of nitrogens with one attached hydrogen (secondary N) is 2. The number of primary amides is 1. The lowest BCUT2D eigenvalue weighted by molar-refractivity contribution is 0.0752. The van der Waals surface area contributed by atoms with Gasteiger partial charge in [0.25, 0.3) is 5.91 Å². The van der Waals surface area contributed by atoms with Crippen LogP contribution in [0.25, 0.3) is 5.69 Å². The molecule has 0 spiro atoms. The van der Waals surface area contributed by atoms with Crippen molar-refractivity contribution in [2.24, 2.45) is 11.5 Å². The van der Waals surface area contributed by atoms with Crippen LogP contribution in [0, 0.1) is 0 Å². The third kappa shape index (κ3) is 4.31. The lowest BCUT2D eigenvalue weighted by Gasteiger charge is -2.29. The van der Waals surface area contributed by atoms with Crippen molar-refractivity contribution in [2.45, 2.75) is 18.5 Å². The minimum atomic E-state index is -0.681. The zero-order valence-electron chi connectivity index (χ0n) is 15.5. The number of hydrogen-bond acceptors (Lipinski definition) is 9. The fourth-order valence-electron chi connectivity index (χ4n) is 3.05. The molecule has 3 aromatic rings. The van der Waals surface area contributed by atoms with Gasteiger partial charge in [0.2, 0.25) is 0 Å². The van der Waals surface area contributed by atoms with Crippen LogP contribution in [0.2, 0.25) is 0 Å². The molecule has 1 saturated heterocycles. The average molecular weight is 395 g/mol. The van der Waals surface area contributed by atoms with Crippen molar-refractivity contribution < 1.29 is 9.53 Å². The number of ether oxygens (including phenoxy) is 1. The highest BCUT2D eigenvalue weighted by molar-refractivity contribution is 5.96. The van der Waals surface area contributed by atoms with E-state index in [4.69, 9.17) is 16.2 Å². The standard InChI is InChI=1S/C18H21N9O2/c19-13-10-29-7-4-14(13)25-15-9-21-16(17(20)28)18(26-15)24-11-2-1-3-12(8-11)27-22-5-6-23-27/h1-3,5-6,8-9,13-14H,4,7,10,19H2,(H2,20,28)(H2,24,25,26). The molecule has 0 saturated carbocycles. The van der Waals surface area contributed by atoms with Crippen LogP contribution in [-0.4, -0.2) is 56.2 Å². The highest BCUT2D eigenvalue weighted by atomic mass is 16.5. The van der Waals surface area contributed by atoms with Crippen molar-refractivity contribution in [1.82, 2.24) is 25.0 Å². The number of hydrogen-bond donors (Lipinski definition) is 4. The van der Waals surface area contributed by atoms with E-state index >= 15 is 0 Å². The topological polar surface area (TPSA) is 159 Å². The number of nitrogens with zero attached hydrogens (tertiary/aromatic N) is 5. The highest BCUT2D eigenvalue weighted by Gasteiger charge is 2.23. The first-order valence-corrected chi connectivity index (χ1v) is 9.10. The number of amides is 1. The maximum absolute atomic E-state index is 11.8. The van der Waals surface area contributed by atoms with Crippen LogP contribution in [0.15, 0.2) is 42.9 Å². The summed E-state index contributed by atoms with van der Waals surface area (Å²) in [6, 6.07) is 7.18. The van der Waals surface area contributed by atoms with E-state index in [0.717, 1.165) is 12.1 Å². The molecule has 29 heavy (non-hydrogen) atoms. The van der Waals surface area contributed by atoms with Gasteiger partial charge in [0.1, 0.15) is 5.82 Å². The Morgan fingerprint density at radius 1 is 1.28 bits per heavy atom. The second-order valence-corrected chi connectivity index (χ2v) is 6.59. The molecular formula is C18H21N9O2. The van der Waals surface area contributed by atoms with Crippen LogP contribution < -0.4 is 22.1 Å². The summed E-state index contributed by atoms with van der Waals surface area (Å²) in [5, 5.41) is 14.6. The molecule has 6 N–H and O–H groups in total. The van der Waals surface area contributed by atoms with E-state index < -0.39 is 5.91 Å². The Morgan fingerprint density at radius 2 is 2.10 bits per heavy atom. The Kier molecular flexibility index (Phi) is 5.31. The predicted octanol–water partition coefficient (Wildman–Crippen LogP) is 0.428. The molecule has 150 valence electrons. The van der Waals surface area contributed by atoms with Crippen LogP contribution in [0.5, 0.6) is 0 Å². The number of anilines is 3. The smallest absolute Gasteiger partial charge is 0.271 e. The first kappa shape index (κ1) is 18.8. The van der Waals surface area contributed by atoms with Gasteiger partial charge in [-0.15, -0.1) is 0 Å². The van der Waals surface area contributed by atoms with E-state index in [9.17, 15) is 4.79 Å². The van der Waals surface area contributed by atoms with Gasteiger partial charge in [-0.25, -0.2) is 9.97 Å². The summed E-state index contributed by atoms with van der Waals surface area (Å²) < 4.78 is 5.36. The van der Waals surface area contributed by atoms with Crippen LogP contribution in [0.4, 0.5) is 17.3 Å². The zero-order valence-corrected chi connectivity index (χ0v) is 15.5. The van der Waals surface area contributed by atoms with Crippen LogP contribution in [-0.2, 0) is 4.74 Å². The molecule has 0 radical (unpaired) electrons. The van der Waals surface area contributed by atoms with Crippen molar-refractivity contribution in [2.75, 3.05) is 23.8 Å². The molecule has 2 aromatic heterocycles. The Morgan fingerprint density at radius 3 is 2.86 bits per heavy atom. The largest absolute Gasteiger partial charge is 0.380 e. The second kappa shape index (κ2) is 8.20. The molecule has 2 unspecified atom stereocenters. The number of nitrogens with two attached hydrogens (primary N) is 2. The van der Waals surface area contributed by atoms with E-state index in [0.29, 0.717) is 24.7 Å². The van der Waals surface area contributed by atoms with Crippen molar-refractivity contribution in [3.63, 3.8) is 0 Å². The molecule has 0 aliphatic carbocycles. The number of aromatic nitrogens is 5. The lowest BCUT2D eigenvalue weighted by Crippen LogP contribution is -2.47. The van der Waals surface area contributed by atoms with Gasteiger partial charge in [-0.3, -0.25) is 4.79 Å². The zero-order chi connectivity index (χ0) is 20.2. The minimum Gasteiger partial charge on any atom is -0.380 e. The van der Waals surface area contributed by atoms with Crippen LogP contribution >= 0.6 is 0 Å². The van der Waals surface area contributed by atoms with Crippen molar-refractivity contribution >= 4 is 23.2 Å². The molecule has 3 heterocycles. The van der Waals surface area contributed by atoms with Crippen molar-refractivity contribution in [3.05, 3.63) is 48.5 Å². The first-order valence-electron chi connectivity index (χ1n) is 9.10. The number of benzene rings is 1. The molecule has 1 aromatic carbocycles. The fraction of sp³-hybridized carbons (Fsp3) is 0.278. The summed E-state index contributed by atoms with van der Waals surface area (Å²) in [6.45, 7) is 1.10. The second-order valence-electron chi connectivity index (χ2n) is 6.59. The quantitative estimate of drug-likeness (QED) is 0.464. The van der Waals surface area contributed by atoms with Gasteiger partial charge in [-0.1, -0.05) is 6.07 Å². The summed E-state index contributed by atoms with van der Waals surface area (Å²) >= 11 is 0. The minimum absolute atomic E-state index is 0.000421. The molecule has 4 rings (SSSR count). The number of rotatable bonds is 6.